The minimum absolute atomic E-state index is 0.626. The van der Waals surface area contributed by atoms with Gasteiger partial charge in [-0.05, 0) is 31.0 Å². The molecule has 0 aromatic heterocycles. The van der Waals surface area contributed by atoms with E-state index in [0.29, 0.717) is 17.9 Å². The van der Waals surface area contributed by atoms with E-state index in [2.05, 4.69) is 13.0 Å². The standard InChI is InChI=1S/C12H15NO/c1-3-4-7-14-12-6-5-10(2)8-11(12)9-13/h5-6,8H,3-4,7H2,1-2H3. The fraction of sp³-hybridized carbons (Fsp3) is 0.417. The Morgan fingerprint density at radius 3 is 2.86 bits per heavy atom. The maximum atomic E-state index is 8.87. The third-order valence-electron chi connectivity index (χ3n) is 2.01. The first-order valence-corrected chi connectivity index (χ1v) is 4.91. The number of nitriles is 1. The average Bonchev–Trinajstić information content (AvgIpc) is 2.20. The summed E-state index contributed by atoms with van der Waals surface area (Å²) in [6.45, 7) is 4.77. The van der Waals surface area contributed by atoms with Gasteiger partial charge in [0.05, 0.1) is 12.2 Å². The number of ether oxygens (including phenoxy) is 1. The van der Waals surface area contributed by atoms with Crippen molar-refractivity contribution in [3.05, 3.63) is 29.3 Å². The predicted molar refractivity (Wildman–Crippen MR) is 56.3 cm³/mol. The minimum Gasteiger partial charge on any atom is -0.492 e. The van der Waals surface area contributed by atoms with Crippen molar-refractivity contribution >= 4 is 0 Å². The van der Waals surface area contributed by atoms with E-state index in [-0.39, 0.29) is 0 Å². The summed E-state index contributed by atoms with van der Waals surface area (Å²) in [5.41, 5.74) is 1.71. The lowest BCUT2D eigenvalue weighted by molar-refractivity contribution is 0.308. The predicted octanol–water partition coefficient (Wildman–Crippen LogP) is 3.05. The fourth-order valence-corrected chi connectivity index (χ4v) is 1.18. The molecule has 0 bridgehead atoms. The van der Waals surface area contributed by atoms with Crippen LogP contribution in [-0.4, -0.2) is 6.61 Å². The Bertz CT molecular complexity index is 339. The van der Waals surface area contributed by atoms with E-state index < -0.39 is 0 Å². The van der Waals surface area contributed by atoms with Gasteiger partial charge in [-0.1, -0.05) is 19.4 Å². The first kappa shape index (κ1) is 10.6. The number of benzene rings is 1. The highest BCUT2D eigenvalue weighted by Crippen LogP contribution is 2.19. The first-order chi connectivity index (χ1) is 6.77. The molecule has 1 aromatic rings. The van der Waals surface area contributed by atoms with Gasteiger partial charge in [-0.15, -0.1) is 0 Å². The lowest BCUT2D eigenvalue weighted by Crippen LogP contribution is -1.98. The number of hydrogen-bond acceptors (Lipinski definition) is 2. The maximum absolute atomic E-state index is 8.87. The molecule has 0 spiro atoms. The zero-order valence-corrected chi connectivity index (χ0v) is 8.71. The zero-order chi connectivity index (χ0) is 10.4. The molecule has 0 fully saturated rings. The minimum atomic E-state index is 0.626. The summed E-state index contributed by atoms with van der Waals surface area (Å²) in [6.07, 6.45) is 2.13. The lowest BCUT2D eigenvalue weighted by Gasteiger charge is -2.07. The van der Waals surface area contributed by atoms with E-state index in [4.69, 9.17) is 10.00 Å². The molecule has 1 rings (SSSR count). The summed E-state index contributed by atoms with van der Waals surface area (Å²) in [4.78, 5) is 0. The van der Waals surface area contributed by atoms with Gasteiger partial charge in [0.15, 0.2) is 0 Å². The van der Waals surface area contributed by atoms with Gasteiger partial charge in [0.1, 0.15) is 11.8 Å². The summed E-state index contributed by atoms with van der Waals surface area (Å²) in [7, 11) is 0. The molecule has 74 valence electrons. The van der Waals surface area contributed by atoms with Gasteiger partial charge >= 0.3 is 0 Å². The molecular weight excluding hydrogens is 174 g/mol. The normalized spacial score (nSPS) is 9.50. The monoisotopic (exact) mass is 189 g/mol. The van der Waals surface area contributed by atoms with Crippen LogP contribution >= 0.6 is 0 Å². The van der Waals surface area contributed by atoms with Crippen LogP contribution in [0.15, 0.2) is 18.2 Å². The Morgan fingerprint density at radius 2 is 2.21 bits per heavy atom. The molecule has 0 unspecified atom stereocenters. The molecule has 0 aliphatic carbocycles. The summed E-state index contributed by atoms with van der Waals surface area (Å²) in [5.74, 6) is 0.701. The summed E-state index contributed by atoms with van der Waals surface area (Å²) >= 11 is 0. The Labute approximate surface area is 85.1 Å². The van der Waals surface area contributed by atoms with E-state index in [9.17, 15) is 0 Å². The highest BCUT2D eigenvalue weighted by Gasteiger charge is 2.02. The second-order valence-electron chi connectivity index (χ2n) is 3.31. The van der Waals surface area contributed by atoms with Crippen molar-refractivity contribution in [1.82, 2.24) is 0 Å². The largest absolute Gasteiger partial charge is 0.492 e. The van der Waals surface area contributed by atoms with Crippen molar-refractivity contribution in [2.75, 3.05) is 6.61 Å². The van der Waals surface area contributed by atoms with Crippen LogP contribution in [-0.2, 0) is 0 Å². The summed E-state index contributed by atoms with van der Waals surface area (Å²) in [6, 6.07) is 7.81. The van der Waals surface area contributed by atoms with Crippen LogP contribution in [0.1, 0.15) is 30.9 Å². The summed E-state index contributed by atoms with van der Waals surface area (Å²) < 4.78 is 5.50. The Balaban J connectivity index is 2.72. The lowest BCUT2D eigenvalue weighted by atomic mass is 10.1. The molecule has 0 atom stereocenters. The molecule has 2 nitrogen and oxygen atoms in total. The summed E-state index contributed by atoms with van der Waals surface area (Å²) in [5, 5.41) is 8.87. The molecule has 0 saturated heterocycles. The maximum Gasteiger partial charge on any atom is 0.137 e. The molecular formula is C12H15NO. The zero-order valence-electron chi connectivity index (χ0n) is 8.71. The second kappa shape index (κ2) is 5.29. The van der Waals surface area contributed by atoms with Crippen LogP contribution in [0.4, 0.5) is 0 Å². The van der Waals surface area contributed by atoms with E-state index in [1.54, 1.807) is 0 Å². The second-order valence-corrected chi connectivity index (χ2v) is 3.31. The Hall–Kier alpha value is -1.49. The number of nitrogens with zero attached hydrogens (tertiary/aromatic N) is 1. The van der Waals surface area contributed by atoms with Crippen molar-refractivity contribution in [3.63, 3.8) is 0 Å². The Morgan fingerprint density at radius 1 is 1.43 bits per heavy atom. The van der Waals surface area contributed by atoms with Crippen molar-refractivity contribution in [2.45, 2.75) is 26.7 Å². The number of aryl methyl sites for hydroxylation is 1. The highest BCUT2D eigenvalue weighted by atomic mass is 16.5. The van der Waals surface area contributed by atoms with Gasteiger partial charge < -0.3 is 4.74 Å². The van der Waals surface area contributed by atoms with E-state index >= 15 is 0 Å². The van der Waals surface area contributed by atoms with E-state index in [0.717, 1.165) is 18.4 Å². The van der Waals surface area contributed by atoms with Crippen LogP contribution in [0, 0.1) is 18.3 Å². The van der Waals surface area contributed by atoms with E-state index in [1.807, 2.05) is 25.1 Å². The SMILES string of the molecule is CCCCOc1ccc(C)cc1C#N. The van der Waals surface area contributed by atoms with E-state index in [1.165, 1.54) is 0 Å². The molecule has 14 heavy (non-hydrogen) atoms. The number of hydrogen-bond donors (Lipinski definition) is 0. The highest BCUT2D eigenvalue weighted by molar-refractivity contribution is 5.45. The molecule has 0 aliphatic heterocycles. The molecule has 0 saturated carbocycles. The average molecular weight is 189 g/mol. The van der Waals surface area contributed by atoms with Crippen LogP contribution < -0.4 is 4.74 Å². The molecule has 0 N–H and O–H groups in total. The van der Waals surface area contributed by atoms with Crippen molar-refractivity contribution in [1.29, 1.82) is 5.26 Å². The molecule has 2 heteroatoms. The molecule has 1 aromatic carbocycles. The van der Waals surface area contributed by atoms with Gasteiger partial charge in [0.25, 0.3) is 0 Å². The van der Waals surface area contributed by atoms with Crippen LogP contribution in [0.5, 0.6) is 5.75 Å². The van der Waals surface area contributed by atoms with Crippen LogP contribution in [0.2, 0.25) is 0 Å². The van der Waals surface area contributed by atoms with Gasteiger partial charge in [0.2, 0.25) is 0 Å². The van der Waals surface area contributed by atoms with Gasteiger partial charge in [0, 0.05) is 0 Å². The third-order valence-corrected chi connectivity index (χ3v) is 2.01. The number of rotatable bonds is 4. The van der Waals surface area contributed by atoms with Gasteiger partial charge in [-0.3, -0.25) is 0 Å². The van der Waals surface area contributed by atoms with Crippen molar-refractivity contribution in [2.24, 2.45) is 0 Å². The van der Waals surface area contributed by atoms with Crippen LogP contribution in [0.25, 0.3) is 0 Å². The van der Waals surface area contributed by atoms with Crippen molar-refractivity contribution < 1.29 is 4.74 Å². The molecule has 0 amide bonds. The molecule has 0 heterocycles. The smallest absolute Gasteiger partial charge is 0.137 e. The van der Waals surface area contributed by atoms with Crippen molar-refractivity contribution in [3.8, 4) is 11.8 Å². The molecule has 0 aliphatic rings. The Kier molecular flexibility index (Phi) is 4.00. The van der Waals surface area contributed by atoms with Gasteiger partial charge in [-0.2, -0.15) is 5.26 Å². The van der Waals surface area contributed by atoms with Crippen LogP contribution in [0.3, 0.4) is 0 Å². The fourth-order valence-electron chi connectivity index (χ4n) is 1.18. The quantitative estimate of drug-likeness (QED) is 0.682. The topological polar surface area (TPSA) is 33.0 Å². The third kappa shape index (κ3) is 2.77. The van der Waals surface area contributed by atoms with Gasteiger partial charge in [-0.25, -0.2) is 0 Å². The number of unbranched alkanes of at least 4 members (excludes halogenated alkanes) is 1. The molecule has 0 radical (unpaired) electrons. The first-order valence-electron chi connectivity index (χ1n) is 4.91.